The molecular weight excluding hydrogens is 302 g/mol. The lowest BCUT2D eigenvalue weighted by Crippen LogP contribution is -2.08. The minimum atomic E-state index is -1.29. The molecule has 0 radical (unpaired) electrons. The van der Waals surface area contributed by atoms with Gasteiger partial charge in [-0.3, -0.25) is 0 Å². The number of aliphatic hydroxyl groups excluding tert-OH is 1. The lowest BCUT2D eigenvalue weighted by atomic mass is 10.1. The van der Waals surface area contributed by atoms with Gasteiger partial charge >= 0.3 is 0 Å². The molecule has 0 amide bonds. The molecule has 0 saturated carbocycles. The minimum absolute atomic E-state index is 0.0190. The SMILES string of the molecule is OC(c1cc(OCc2ccccc2)ccc1F)C(Cl)Cl. The molecule has 2 rings (SSSR count). The Morgan fingerprint density at radius 1 is 1.10 bits per heavy atom. The predicted molar refractivity (Wildman–Crippen MR) is 77.6 cm³/mol. The first-order valence-electron chi connectivity index (χ1n) is 6.00. The molecule has 0 heterocycles. The normalized spacial score (nSPS) is 12.4. The Balaban J connectivity index is 2.11. The molecule has 0 aliphatic carbocycles. The van der Waals surface area contributed by atoms with Crippen LogP contribution in [0.15, 0.2) is 48.5 Å². The van der Waals surface area contributed by atoms with Crippen LogP contribution in [0.1, 0.15) is 17.2 Å². The summed E-state index contributed by atoms with van der Waals surface area (Å²) in [5.74, 6) is -0.130. The summed E-state index contributed by atoms with van der Waals surface area (Å²) in [7, 11) is 0. The third-order valence-corrected chi connectivity index (χ3v) is 3.25. The van der Waals surface area contributed by atoms with Crippen LogP contribution in [-0.4, -0.2) is 9.94 Å². The van der Waals surface area contributed by atoms with Gasteiger partial charge in [0.25, 0.3) is 0 Å². The first kappa shape index (κ1) is 15.1. The first-order valence-corrected chi connectivity index (χ1v) is 6.87. The molecular formula is C15H13Cl2FO2. The van der Waals surface area contributed by atoms with E-state index in [1.807, 2.05) is 30.3 Å². The summed E-state index contributed by atoms with van der Waals surface area (Å²) in [6.07, 6.45) is -1.29. The highest BCUT2D eigenvalue weighted by Crippen LogP contribution is 2.29. The Hall–Kier alpha value is -1.29. The van der Waals surface area contributed by atoms with Crippen molar-refractivity contribution in [3.05, 3.63) is 65.5 Å². The van der Waals surface area contributed by atoms with Crippen molar-refractivity contribution in [2.75, 3.05) is 0 Å². The second-order valence-corrected chi connectivity index (χ2v) is 5.40. The van der Waals surface area contributed by atoms with E-state index in [1.54, 1.807) is 0 Å². The number of alkyl halides is 2. The second kappa shape index (κ2) is 6.93. The van der Waals surface area contributed by atoms with Gasteiger partial charge in [0, 0.05) is 5.56 Å². The quantitative estimate of drug-likeness (QED) is 0.836. The van der Waals surface area contributed by atoms with E-state index in [0.717, 1.165) is 5.56 Å². The van der Waals surface area contributed by atoms with Crippen LogP contribution in [0.5, 0.6) is 5.75 Å². The molecule has 0 aliphatic heterocycles. The molecule has 2 aromatic carbocycles. The van der Waals surface area contributed by atoms with E-state index in [2.05, 4.69) is 0 Å². The van der Waals surface area contributed by atoms with Crippen molar-refractivity contribution >= 4 is 23.2 Å². The summed E-state index contributed by atoms with van der Waals surface area (Å²) >= 11 is 11.1. The summed E-state index contributed by atoms with van der Waals surface area (Å²) in [5.41, 5.74) is 1.01. The van der Waals surface area contributed by atoms with Gasteiger partial charge in [-0.15, -0.1) is 23.2 Å². The molecule has 0 saturated heterocycles. The van der Waals surface area contributed by atoms with Gasteiger partial charge in [0.05, 0.1) is 0 Å². The molecule has 0 fully saturated rings. The van der Waals surface area contributed by atoms with E-state index in [9.17, 15) is 9.50 Å². The summed E-state index contributed by atoms with van der Waals surface area (Å²) in [6, 6.07) is 13.7. The lowest BCUT2D eigenvalue weighted by molar-refractivity contribution is 0.187. The van der Waals surface area contributed by atoms with Crippen molar-refractivity contribution in [3.63, 3.8) is 0 Å². The Labute approximate surface area is 126 Å². The Bertz CT molecular complexity index is 561. The zero-order valence-electron chi connectivity index (χ0n) is 10.5. The number of benzene rings is 2. The number of hydrogen-bond donors (Lipinski definition) is 1. The fourth-order valence-corrected chi connectivity index (χ4v) is 1.99. The standard InChI is InChI=1S/C15H13Cl2FO2/c16-15(17)14(19)12-8-11(6-7-13(12)18)20-9-10-4-2-1-3-5-10/h1-8,14-15,19H,9H2. The topological polar surface area (TPSA) is 29.5 Å². The van der Waals surface area contributed by atoms with Crippen molar-refractivity contribution in [1.82, 2.24) is 0 Å². The van der Waals surface area contributed by atoms with Crippen molar-refractivity contribution in [3.8, 4) is 5.75 Å². The molecule has 106 valence electrons. The van der Waals surface area contributed by atoms with Crippen LogP contribution in [-0.2, 0) is 6.61 Å². The highest BCUT2D eigenvalue weighted by Gasteiger charge is 2.20. The average molecular weight is 315 g/mol. The van der Waals surface area contributed by atoms with Crippen LogP contribution in [0.4, 0.5) is 4.39 Å². The predicted octanol–water partition coefficient (Wildman–Crippen LogP) is 4.24. The van der Waals surface area contributed by atoms with Crippen LogP contribution in [0, 0.1) is 5.82 Å². The number of aliphatic hydroxyl groups is 1. The Kier molecular flexibility index (Phi) is 5.24. The van der Waals surface area contributed by atoms with Crippen LogP contribution in [0.2, 0.25) is 0 Å². The van der Waals surface area contributed by atoms with Gasteiger partial charge in [0.15, 0.2) is 0 Å². The van der Waals surface area contributed by atoms with Gasteiger partial charge < -0.3 is 9.84 Å². The molecule has 0 aromatic heterocycles. The van der Waals surface area contributed by atoms with Crippen LogP contribution in [0.3, 0.4) is 0 Å². The number of ether oxygens (including phenoxy) is 1. The van der Waals surface area contributed by atoms with Gasteiger partial charge in [-0.25, -0.2) is 4.39 Å². The molecule has 0 bridgehead atoms. The van der Waals surface area contributed by atoms with E-state index in [0.29, 0.717) is 12.4 Å². The van der Waals surface area contributed by atoms with Crippen LogP contribution in [0.25, 0.3) is 0 Å². The molecule has 5 heteroatoms. The molecule has 20 heavy (non-hydrogen) atoms. The zero-order chi connectivity index (χ0) is 14.5. The summed E-state index contributed by atoms with van der Waals surface area (Å²) in [4.78, 5) is -1.10. The van der Waals surface area contributed by atoms with Crippen molar-refractivity contribution < 1.29 is 14.2 Å². The minimum Gasteiger partial charge on any atom is -0.489 e. The highest BCUT2D eigenvalue weighted by molar-refractivity contribution is 6.44. The molecule has 0 spiro atoms. The maximum atomic E-state index is 13.6. The molecule has 1 unspecified atom stereocenters. The van der Waals surface area contributed by atoms with Gasteiger partial charge in [-0.1, -0.05) is 30.3 Å². The molecule has 1 atom stereocenters. The van der Waals surface area contributed by atoms with Crippen molar-refractivity contribution in [1.29, 1.82) is 0 Å². The summed E-state index contributed by atoms with van der Waals surface area (Å²) in [6.45, 7) is 0.354. The summed E-state index contributed by atoms with van der Waals surface area (Å²) in [5, 5.41) is 9.73. The van der Waals surface area contributed by atoms with Gasteiger partial charge in [0.1, 0.15) is 29.1 Å². The Morgan fingerprint density at radius 3 is 2.45 bits per heavy atom. The third kappa shape index (κ3) is 3.85. The fraction of sp³-hybridized carbons (Fsp3) is 0.200. The van der Waals surface area contributed by atoms with E-state index < -0.39 is 16.8 Å². The molecule has 0 aliphatic rings. The van der Waals surface area contributed by atoms with Gasteiger partial charge in [-0.05, 0) is 23.8 Å². The number of rotatable bonds is 5. The van der Waals surface area contributed by atoms with E-state index in [4.69, 9.17) is 27.9 Å². The van der Waals surface area contributed by atoms with Gasteiger partial charge in [0.2, 0.25) is 0 Å². The zero-order valence-corrected chi connectivity index (χ0v) is 12.0. The van der Waals surface area contributed by atoms with Crippen molar-refractivity contribution in [2.45, 2.75) is 17.5 Å². The van der Waals surface area contributed by atoms with Crippen molar-refractivity contribution in [2.24, 2.45) is 0 Å². The number of hydrogen-bond acceptors (Lipinski definition) is 2. The third-order valence-electron chi connectivity index (χ3n) is 2.77. The fourth-order valence-electron chi connectivity index (χ4n) is 1.71. The number of halogens is 3. The average Bonchev–Trinajstić information content (AvgIpc) is 2.46. The molecule has 2 nitrogen and oxygen atoms in total. The molecule has 1 N–H and O–H groups in total. The maximum absolute atomic E-state index is 13.6. The second-order valence-electron chi connectivity index (χ2n) is 4.24. The first-order chi connectivity index (χ1) is 9.58. The maximum Gasteiger partial charge on any atom is 0.137 e. The largest absolute Gasteiger partial charge is 0.489 e. The highest BCUT2D eigenvalue weighted by atomic mass is 35.5. The van der Waals surface area contributed by atoms with E-state index in [1.165, 1.54) is 18.2 Å². The Morgan fingerprint density at radius 2 is 1.80 bits per heavy atom. The summed E-state index contributed by atoms with van der Waals surface area (Å²) < 4.78 is 19.2. The van der Waals surface area contributed by atoms with E-state index >= 15 is 0 Å². The van der Waals surface area contributed by atoms with Crippen LogP contribution >= 0.6 is 23.2 Å². The monoisotopic (exact) mass is 314 g/mol. The lowest BCUT2D eigenvalue weighted by Gasteiger charge is -2.14. The molecule has 2 aromatic rings. The van der Waals surface area contributed by atoms with Gasteiger partial charge in [-0.2, -0.15) is 0 Å². The van der Waals surface area contributed by atoms with Crippen LogP contribution < -0.4 is 4.74 Å². The smallest absolute Gasteiger partial charge is 0.137 e. The van der Waals surface area contributed by atoms with E-state index in [-0.39, 0.29) is 5.56 Å².